The summed E-state index contributed by atoms with van der Waals surface area (Å²) in [5.74, 6) is -0.111. The zero-order chi connectivity index (χ0) is 14.1. The number of aromatic nitrogens is 1. The van der Waals surface area contributed by atoms with E-state index in [9.17, 15) is 4.79 Å². The fourth-order valence-corrected chi connectivity index (χ4v) is 2.96. The lowest BCUT2D eigenvalue weighted by molar-refractivity contribution is 0.102. The van der Waals surface area contributed by atoms with Crippen LogP contribution in [0.4, 0.5) is 5.69 Å². The largest absolute Gasteiger partial charge is 0.360 e. The topological polar surface area (TPSA) is 44.9 Å². The van der Waals surface area contributed by atoms with Crippen LogP contribution < -0.4 is 5.32 Å². The molecular weight excluding hydrogens is 431 g/mol. The van der Waals surface area contributed by atoms with E-state index >= 15 is 0 Å². The van der Waals surface area contributed by atoms with E-state index in [1.807, 2.05) is 42.5 Å². The predicted molar refractivity (Wildman–Crippen MR) is 93.1 cm³/mol. The molecule has 0 unspecified atom stereocenters. The molecule has 1 aromatic heterocycles. The molecule has 1 heterocycles. The number of H-pyrrole nitrogens is 1. The van der Waals surface area contributed by atoms with Crippen LogP contribution in [-0.2, 0) is 0 Å². The van der Waals surface area contributed by atoms with Crippen LogP contribution in [0.15, 0.2) is 53.1 Å². The third-order valence-corrected chi connectivity index (χ3v) is 4.14. The molecule has 100 valence electrons. The van der Waals surface area contributed by atoms with E-state index in [1.54, 1.807) is 6.20 Å². The molecular formula is C15H10BrIN2O. The monoisotopic (exact) mass is 440 g/mol. The highest BCUT2D eigenvalue weighted by molar-refractivity contribution is 14.1. The van der Waals surface area contributed by atoms with Gasteiger partial charge in [0, 0.05) is 30.8 Å². The molecule has 3 rings (SSSR count). The van der Waals surface area contributed by atoms with Gasteiger partial charge in [0.2, 0.25) is 0 Å². The van der Waals surface area contributed by atoms with Gasteiger partial charge in [-0.25, -0.2) is 0 Å². The second-order valence-corrected chi connectivity index (χ2v) is 6.52. The summed E-state index contributed by atoms with van der Waals surface area (Å²) in [5, 5.41) is 3.83. The molecule has 0 saturated heterocycles. The molecule has 0 fully saturated rings. The number of amides is 1. The van der Waals surface area contributed by atoms with E-state index in [2.05, 4.69) is 48.8 Å². The maximum atomic E-state index is 12.3. The summed E-state index contributed by atoms with van der Waals surface area (Å²) in [6, 6.07) is 13.5. The van der Waals surface area contributed by atoms with Crippen LogP contribution in [0.3, 0.4) is 0 Å². The number of carbonyl (C=O) groups is 1. The van der Waals surface area contributed by atoms with E-state index in [-0.39, 0.29) is 5.91 Å². The minimum Gasteiger partial charge on any atom is -0.360 e. The van der Waals surface area contributed by atoms with Crippen molar-refractivity contribution >= 4 is 61.0 Å². The summed E-state index contributed by atoms with van der Waals surface area (Å²) in [7, 11) is 0. The average molecular weight is 441 g/mol. The lowest BCUT2D eigenvalue weighted by atomic mass is 10.1. The molecule has 20 heavy (non-hydrogen) atoms. The highest BCUT2D eigenvalue weighted by atomic mass is 127. The first-order valence-corrected chi connectivity index (χ1v) is 7.84. The molecule has 5 heteroatoms. The molecule has 3 aromatic rings. The first kappa shape index (κ1) is 13.6. The lowest BCUT2D eigenvalue weighted by Crippen LogP contribution is -2.11. The van der Waals surface area contributed by atoms with E-state index in [0.29, 0.717) is 5.56 Å². The number of hydrogen-bond acceptors (Lipinski definition) is 1. The van der Waals surface area contributed by atoms with E-state index < -0.39 is 0 Å². The van der Waals surface area contributed by atoms with Gasteiger partial charge < -0.3 is 10.3 Å². The van der Waals surface area contributed by atoms with Crippen molar-refractivity contribution in [3.05, 3.63) is 62.3 Å². The maximum absolute atomic E-state index is 12.3. The molecule has 0 atom stereocenters. The van der Waals surface area contributed by atoms with Crippen molar-refractivity contribution in [2.75, 3.05) is 5.32 Å². The number of aromatic amines is 1. The highest BCUT2D eigenvalue weighted by Gasteiger charge is 2.12. The molecule has 2 aromatic carbocycles. The fourth-order valence-electron chi connectivity index (χ4n) is 2.05. The van der Waals surface area contributed by atoms with Gasteiger partial charge in [0.25, 0.3) is 5.91 Å². The Morgan fingerprint density at radius 2 is 2.05 bits per heavy atom. The summed E-state index contributed by atoms with van der Waals surface area (Å²) < 4.78 is 2.07. The predicted octanol–water partition coefficient (Wildman–Crippen LogP) is 4.79. The van der Waals surface area contributed by atoms with Crippen molar-refractivity contribution in [2.24, 2.45) is 0 Å². The first-order valence-electron chi connectivity index (χ1n) is 5.97. The van der Waals surface area contributed by atoms with Crippen molar-refractivity contribution in [3.63, 3.8) is 0 Å². The normalized spacial score (nSPS) is 10.7. The Morgan fingerprint density at radius 1 is 1.20 bits per heavy atom. The summed E-state index contributed by atoms with van der Waals surface area (Å²) >= 11 is 5.64. The second kappa shape index (κ2) is 5.57. The standard InChI is InChI=1S/C15H10BrIN2O/c16-9-4-5-12-13(8-18-14(12)6-9)15(20)19-11-3-1-2-10(17)7-11/h1-8,18H,(H,19,20). The van der Waals surface area contributed by atoms with Crippen LogP contribution in [0.1, 0.15) is 10.4 Å². The van der Waals surface area contributed by atoms with Gasteiger partial charge in [0.15, 0.2) is 0 Å². The van der Waals surface area contributed by atoms with Crippen molar-refractivity contribution in [3.8, 4) is 0 Å². The number of carbonyl (C=O) groups excluding carboxylic acids is 1. The molecule has 0 radical (unpaired) electrons. The van der Waals surface area contributed by atoms with Crippen LogP contribution in [0, 0.1) is 3.57 Å². The molecule has 1 amide bonds. The smallest absolute Gasteiger partial charge is 0.257 e. The lowest BCUT2D eigenvalue weighted by Gasteiger charge is -2.04. The van der Waals surface area contributed by atoms with Crippen LogP contribution >= 0.6 is 38.5 Å². The summed E-state index contributed by atoms with van der Waals surface area (Å²) in [6.07, 6.45) is 1.74. The van der Waals surface area contributed by atoms with Crippen molar-refractivity contribution in [2.45, 2.75) is 0 Å². The van der Waals surface area contributed by atoms with Gasteiger partial charge in [0.05, 0.1) is 5.56 Å². The quantitative estimate of drug-likeness (QED) is 0.553. The Morgan fingerprint density at radius 3 is 2.85 bits per heavy atom. The van der Waals surface area contributed by atoms with Gasteiger partial charge in [0.1, 0.15) is 0 Å². The Bertz CT molecular complexity index is 797. The highest BCUT2D eigenvalue weighted by Crippen LogP contribution is 2.23. The van der Waals surface area contributed by atoms with E-state index in [0.717, 1.165) is 24.6 Å². The molecule has 0 bridgehead atoms. The van der Waals surface area contributed by atoms with E-state index in [4.69, 9.17) is 0 Å². The number of hydrogen-bond donors (Lipinski definition) is 2. The van der Waals surface area contributed by atoms with Crippen molar-refractivity contribution in [1.82, 2.24) is 4.98 Å². The SMILES string of the molecule is O=C(Nc1cccc(I)c1)c1c[nH]c2cc(Br)ccc12. The Labute approximate surface area is 138 Å². The average Bonchev–Trinajstić information content (AvgIpc) is 2.81. The minimum absolute atomic E-state index is 0.111. The number of nitrogens with one attached hydrogen (secondary N) is 2. The van der Waals surface area contributed by atoms with Gasteiger partial charge in [-0.15, -0.1) is 0 Å². The molecule has 0 spiro atoms. The minimum atomic E-state index is -0.111. The third kappa shape index (κ3) is 2.73. The van der Waals surface area contributed by atoms with Crippen molar-refractivity contribution in [1.29, 1.82) is 0 Å². The van der Waals surface area contributed by atoms with Crippen LogP contribution in [0.2, 0.25) is 0 Å². The molecule has 0 aliphatic carbocycles. The summed E-state index contributed by atoms with van der Waals surface area (Å²) in [6.45, 7) is 0. The number of halogens is 2. The first-order chi connectivity index (χ1) is 9.63. The van der Waals surface area contributed by atoms with Gasteiger partial charge in [-0.1, -0.05) is 28.1 Å². The summed E-state index contributed by atoms with van der Waals surface area (Å²) in [4.78, 5) is 15.5. The fraction of sp³-hybridized carbons (Fsp3) is 0. The Balaban J connectivity index is 1.93. The molecule has 0 aliphatic rings. The van der Waals surface area contributed by atoms with Gasteiger partial charge in [-0.3, -0.25) is 4.79 Å². The molecule has 3 nitrogen and oxygen atoms in total. The zero-order valence-electron chi connectivity index (χ0n) is 10.3. The third-order valence-electron chi connectivity index (χ3n) is 2.97. The zero-order valence-corrected chi connectivity index (χ0v) is 14.0. The summed E-state index contributed by atoms with van der Waals surface area (Å²) in [5.41, 5.74) is 2.38. The van der Waals surface area contributed by atoms with Gasteiger partial charge in [-0.05, 0) is 52.9 Å². The maximum Gasteiger partial charge on any atom is 0.257 e. The van der Waals surface area contributed by atoms with Crippen LogP contribution in [0.25, 0.3) is 10.9 Å². The van der Waals surface area contributed by atoms with Gasteiger partial charge >= 0.3 is 0 Å². The molecule has 2 N–H and O–H groups in total. The number of benzene rings is 2. The Kier molecular flexibility index (Phi) is 3.80. The van der Waals surface area contributed by atoms with Gasteiger partial charge in [-0.2, -0.15) is 0 Å². The Hall–Kier alpha value is -1.34. The molecule has 0 saturated carbocycles. The number of fused-ring (bicyclic) bond motifs is 1. The molecule has 0 aliphatic heterocycles. The second-order valence-electron chi connectivity index (χ2n) is 4.36. The van der Waals surface area contributed by atoms with Crippen LogP contribution in [-0.4, -0.2) is 10.9 Å². The number of anilines is 1. The number of rotatable bonds is 2. The van der Waals surface area contributed by atoms with Crippen LogP contribution in [0.5, 0.6) is 0 Å². The van der Waals surface area contributed by atoms with Crippen molar-refractivity contribution < 1.29 is 4.79 Å². The van der Waals surface area contributed by atoms with E-state index in [1.165, 1.54) is 0 Å².